The fraction of sp³-hybridized carbons (Fsp3) is 0.333. The third-order valence-electron chi connectivity index (χ3n) is 1.93. The average Bonchev–Trinajstić information content (AvgIpc) is 2.04. The van der Waals surface area contributed by atoms with E-state index in [-0.39, 0.29) is 0 Å². The van der Waals surface area contributed by atoms with Gasteiger partial charge in [-0.2, -0.15) is 0 Å². The quantitative estimate of drug-likeness (QED) is 0.635. The maximum Gasteiger partial charge on any atom is 0.0616 e. The van der Waals surface area contributed by atoms with Crippen LogP contribution in [0.25, 0.3) is 0 Å². The van der Waals surface area contributed by atoms with Crippen LogP contribution < -0.4 is 5.32 Å². The second-order valence-electron chi connectivity index (χ2n) is 2.76. The van der Waals surface area contributed by atoms with Crippen molar-refractivity contribution in [2.45, 2.75) is 12.8 Å². The molecule has 1 aromatic carbocycles. The SMILES string of the molecule is Ic1ccc2c(c1)[N]CCC2. The predicted octanol–water partition coefficient (Wildman–Crippen LogP) is 2.47. The van der Waals surface area contributed by atoms with Crippen LogP contribution in [-0.4, -0.2) is 6.54 Å². The molecule has 0 unspecified atom stereocenters. The molecule has 0 saturated heterocycles. The molecule has 11 heavy (non-hydrogen) atoms. The Balaban J connectivity index is 2.43. The van der Waals surface area contributed by atoms with Crippen molar-refractivity contribution in [3.05, 3.63) is 27.3 Å². The van der Waals surface area contributed by atoms with Crippen LogP contribution in [0, 0.1) is 3.57 Å². The largest absolute Gasteiger partial charge is 0.285 e. The van der Waals surface area contributed by atoms with Crippen molar-refractivity contribution in [1.82, 2.24) is 5.32 Å². The Kier molecular flexibility index (Phi) is 2.02. The third-order valence-corrected chi connectivity index (χ3v) is 2.60. The minimum atomic E-state index is 1.01. The van der Waals surface area contributed by atoms with E-state index >= 15 is 0 Å². The second kappa shape index (κ2) is 3.01. The number of hydrogen-bond donors (Lipinski definition) is 0. The number of nitrogens with zero attached hydrogens (tertiary/aromatic N) is 1. The topological polar surface area (TPSA) is 14.1 Å². The predicted molar refractivity (Wildman–Crippen MR) is 54.1 cm³/mol. The fourth-order valence-electron chi connectivity index (χ4n) is 1.36. The van der Waals surface area contributed by atoms with Crippen LogP contribution in [0.5, 0.6) is 0 Å². The lowest BCUT2D eigenvalue weighted by Gasteiger charge is -2.14. The third kappa shape index (κ3) is 1.50. The first-order chi connectivity index (χ1) is 5.36. The van der Waals surface area contributed by atoms with E-state index in [0.29, 0.717) is 0 Å². The van der Waals surface area contributed by atoms with E-state index in [2.05, 4.69) is 46.1 Å². The Bertz CT molecular complexity index is 270. The minimum absolute atomic E-state index is 1.01. The molecule has 0 spiro atoms. The van der Waals surface area contributed by atoms with Crippen LogP contribution >= 0.6 is 22.6 Å². The molecular weight excluding hydrogens is 249 g/mol. The number of aryl methyl sites for hydroxylation is 1. The Morgan fingerprint density at radius 1 is 1.36 bits per heavy atom. The Hall–Kier alpha value is -0.250. The molecule has 0 amide bonds. The molecule has 1 radical (unpaired) electrons. The average molecular weight is 258 g/mol. The minimum Gasteiger partial charge on any atom is -0.285 e. The van der Waals surface area contributed by atoms with E-state index in [4.69, 9.17) is 0 Å². The van der Waals surface area contributed by atoms with E-state index in [0.717, 1.165) is 6.54 Å². The standard InChI is InChI=1S/C9H9IN/c10-8-4-3-7-2-1-5-11-9(7)6-8/h3-4,6H,1-2,5H2. The molecule has 2 heteroatoms. The summed E-state index contributed by atoms with van der Waals surface area (Å²) < 4.78 is 1.28. The lowest BCUT2D eigenvalue weighted by Crippen LogP contribution is -2.10. The zero-order valence-electron chi connectivity index (χ0n) is 6.18. The van der Waals surface area contributed by atoms with Gasteiger partial charge < -0.3 is 0 Å². The van der Waals surface area contributed by atoms with Gasteiger partial charge in [0.05, 0.1) is 5.69 Å². The van der Waals surface area contributed by atoms with E-state index in [1.165, 1.54) is 27.7 Å². The lowest BCUT2D eigenvalue weighted by atomic mass is 10.0. The zero-order chi connectivity index (χ0) is 7.68. The first-order valence-corrected chi connectivity index (χ1v) is 4.90. The van der Waals surface area contributed by atoms with Gasteiger partial charge in [0.25, 0.3) is 0 Å². The fourth-order valence-corrected chi connectivity index (χ4v) is 1.84. The van der Waals surface area contributed by atoms with Gasteiger partial charge in [0.1, 0.15) is 0 Å². The highest BCUT2D eigenvalue weighted by Gasteiger charge is 2.08. The van der Waals surface area contributed by atoms with Gasteiger partial charge in [0, 0.05) is 10.1 Å². The lowest BCUT2D eigenvalue weighted by molar-refractivity contribution is 0.704. The molecule has 0 aliphatic carbocycles. The molecule has 0 saturated carbocycles. The van der Waals surface area contributed by atoms with Crippen LogP contribution in [-0.2, 0) is 6.42 Å². The first-order valence-electron chi connectivity index (χ1n) is 3.82. The Labute approximate surface area is 80.3 Å². The normalized spacial score (nSPS) is 15.4. The highest BCUT2D eigenvalue weighted by molar-refractivity contribution is 14.1. The molecule has 0 N–H and O–H groups in total. The van der Waals surface area contributed by atoms with Gasteiger partial charge in [0.15, 0.2) is 0 Å². The van der Waals surface area contributed by atoms with Gasteiger partial charge in [-0.25, -0.2) is 0 Å². The Morgan fingerprint density at radius 2 is 2.27 bits per heavy atom. The number of fused-ring (bicyclic) bond motifs is 1. The summed E-state index contributed by atoms with van der Waals surface area (Å²) in [4.78, 5) is 0. The van der Waals surface area contributed by atoms with Crippen molar-refractivity contribution in [1.29, 1.82) is 0 Å². The van der Waals surface area contributed by atoms with Gasteiger partial charge in [-0.15, -0.1) is 0 Å². The summed E-state index contributed by atoms with van der Waals surface area (Å²) in [5.41, 5.74) is 2.62. The van der Waals surface area contributed by atoms with Crippen molar-refractivity contribution in [3.63, 3.8) is 0 Å². The van der Waals surface area contributed by atoms with Gasteiger partial charge in [-0.1, -0.05) is 6.07 Å². The molecule has 1 aromatic rings. The highest BCUT2D eigenvalue weighted by atomic mass is 127. The van der Waals surface area contributed by atoms with Crippen molar-refractivity contribution in [2.24, 2.45) is 0 Å². The number of rotatable bonds is 0. The van der Waals surface area contributed by atoms with Gasteiger partial charge >= 0.3 is 0 Å². The Morgan fingerprint density at radius 3 is 3.18 bits per heavy atom. The van der Waals surface area contributed by atoms with Crippen molar-refractivity contribution in [2.75, 3.05) is 6.54 Å². The second-order valence-corrected chi connectivity index (χ2v) is 4.00. The summed E-state index contributed by atoms with van der Waals surface area (Å²) in [5.74, 6) is 0. The molecule has 0 fully saturated rings. The summed E-state index contributed by atoms with van der Waals surface area (Å²) >= 11 is 2.33. The number of hydrogen-bond acceptors (Lipinski definition) is 0. The van der Waals surface area contributed by atoms with Gasteiger partial charge in [-0.05, 0) is 53.1 Å². The van der Waals surface area contributed by atoms with Crippen LogP contribution in [0.4, 0.5) is 5.69 Å². The summed E-state index contributed by atoms with van der Waals surface area (Å²) in [6.07, 6.45) is 2.42. The number of halogens is 1. The van der Waals surface area contributed by atoms with Gasteiger partial charge in [-0.3, -0.25) is 5.32 Å². The molecular formula is C9H9IN. The molecule has 0 atom stereocenters. The molecule has 1 aliphatic rings. The van der Waals surface area contributed by atoms with E-state index < -0.39 is 0 Å². The van der Waals surface area contributed by atoms with Crippen LogP contribution in [0.15, 0.2) is 18.2 Å². The van der Waals surface area contributed by atoms with Crippen molar-refractivity contribution in [3.8, 4) is 0 Å². The summed E-state index contributed by atoms with van der Waals surface area (Å²) in [7, 11) is 0. The number of benzene rings is 1. The van der Waals surface area contributed by atoms with E-state index in [1.54, 1.807) is 0 Å². The molecule has 57 valence electrons. The molecule has 0 aromatic heterocycles. The summed E-state index contributed by atoms with van der Waals surface area (Å²) in [6, 6.07) is 6.51. The zero-order valence-corrected chi connectivity index (χ0v) is 8.34. The van der Waals surface area contributed by atoms with Crippen LogP contribution in [0.3, 0.4) is 0 Å². The first kappa shape index (κ1) is 7.40. The molecule has 1 nitrogen and oxygen atoms in total. The molecule has 1 aliphatic heterocycles. The maximum absolute atomic E-state index is 4.45. The van der Waals surface area contributed by atoms with E-state index in [1.807, 2.05) is 0 Å². The molecule has 2 rings (SSSR count). The molecule has 1 heterocycles. The highest BCUT2D eigenvalue weighted by Crippen LogP contribution is 2.23. The van der Waals surface area contributed by atoms with Crippen LogP contribution in [0.2, 0.25) is 0 Å². The molecule has 0 bridgehead atoms. The van der Waals surface area contributed by atoms with Crippen molar-refractivity contribution < 1.29 is 0 Å². The maximum atomic E-state index is 4.45. The van der Waals surface area contributed by atoms with Crippen LogP contribution in [0.1, 0.15) is 12.0 Å². The smallest absolute Gasteiger partial charge is 0.0616 e. The summed E-state index contributed by atoms with van der Waals surface area (Å²) in [6.45, 7) is 1.01. The van der Waals surface area contributed by atoms with Gasteiger partial charge in [0.2, 0.25) is 0 Å². The van der Waals surface area contributed by atoms with Crippen molar-refractivity contribution >= 4 is 28.3 Å². The monoisotopic (exact) mass is 258 g/mol. The van der Waals surface area contributed by atoms with E-state index in [9.17, 15) is 0 Å². The summed E-state index contributed by atoms with van der Waals surface area (Å²) in [5, 5.41) is 4.45.